The summed E-state index contributed by atoms with van der Waals surface area (Å²) in [5, 5.41) is 2.70. The highest BCUT2D eigenvalue weighted by molar-refractivity contribution is 5.89. The van der Waals surface area contributed by atoms with Crippen molar-refractivity contribution in [3.8, 4) is 0 Å². The van der Waals surface area contributed by atoms with Crippen LogP contribution in [0.1, 0.15) is 31.9 Å². The molecule has 5 nitrogen and oxygen atoms in total. The van der Waals surface area contributed by atoms with Gasteiger partial charge in [0, 0.05) is 11.8 Å². The van der Waals surface area contributed by atoms with E-state index in [1.54, 1.807) is 39.0 Å². The number of esters is 1. The smallest absolute Gasteiger partial charge is 0.412 e. The van der Waals surface area contributed by atoms with E-state index in [2.05, 4.69) is 10.1 Å². The lowest BCUT2D eigenvalue weighted by Gasteiger charge is -2.20. The Labute approximate surface area is 124 Å². The lowest BCUT2D eigenvalue weighted by molar-refractivity contribution is -0.134. The fraction of sp³-hybridized carbons (Fsp3) is 0.375. The minimum Gasteiger partial charge on any atom is -0.466 e. The van der Waals surface area contributed by atoms with E-state index in [0.29, 0.717) is 5.69 Å². The van der Waals surface area contributed by atoms with Crippen LogP contribution in [0, 0.1) is 6.92 Å². The van der Waals surface area contributed by atoms with Gasteiger partial charge in [-0.15, -0.1) is 0 Å². The summed E-state index contributed by atoms with van der Waals surface area (Å²) in [6, 6.07) is 5.40. The van der Waals surface area contributed by atoms with Crippen molar-refractivity contribution in [3.63, 3.8) is 0 Å². The van der Waals surface area contributed by atoms with E-state index in [1.807, 2.05) is 13.0 Å². The molecule has 0 atom stereocenters. The van der Waals surface area contributed by atoms with Gasteiger partial charge in [-0.3, -0.25) is 5.32 Å². The van der Waals surface area contributed by atoms with Crippen LogP contribution in [0.2, 0.25) is 0 Å². The molecule has 0 saturated carbocycles. The number of anilines is 1. The summed E-state index contributed by atoms with van der Waals surface area (Å²) in [5.41, 5.74) is 1.73. The van der Waals surface area contributed by atoms with Gasteiger partial charge >= 0.3 is 12.1 Å². The molecule has 1 N–H and O–H groups in total. The van der Waals surface area contributed by atoms with Gasteiger partial charge in [0.1, 0.15) is 5.60 Å². The summed E-state index contributed by atoms with van der Waals surface area (Å²) in [6.45, 7) is 7.25. The summed E-state index contributed by atoms with van der Waals surface area (Å²) in [5.74, 6) is -0.431. The summed E-state index contributed by atoms with van der Waals surface area (Å²) in [4.78, 5) is 22.9. The number of ether oxygens (including phenoxy) is 2. The van der Waals surface area contributed by atoms with Crippen molar-refractivity contribution in [2.45, 2.75) is 33.3 Å². The molecule has 21 heavy (non-hydrogen) atoms. The number of carbonyl (C=O) groups excluding carboxylic acids is 2. The first-order valence-corrected chi connectivity index (χ1v) is 6.58. The average Bonchev–Trinajstić information content (AvgIpc) is 2.37. The Morgan fingerprint density at radius 1 is 1.24 bits per heavy atom. The van der Waals surface area contributed by atoms with Crippen LogP contribution in [0.15, 0.2) is 24.3 Å². The van der Waals surface area contributed by atoms with E-state index in [-0.39, 0.29) is 0 Å². The summed E-state index contributed by atoms with van der Waals surface area (Å²) in [6.07, 6.45) is 2.46. The van der Waals surface area contributed by atoms with Crippen LogP contribution in [0.25, 0.3) is 6.08 Å². The number of amides is 1. The Kier molecular flexibility index (Phi) is 5.52. The molecule has 1 rings (SSSR count). The molecule has 1 aromatic carbocycles. The molecule has 0 aliphatic carbocycles. The van der Waals surface area contributed by atoms with Crippen LogP contribution in [-0.4, -0.2) is 24.8 Å². The van der Waals surface area contributed by atoms with Gasteiger partial charge in [0.25, 0.3) is 0 Å². The number of hydrogen-bond donors (Lipinski definition) is 1. The first-order chi connectivity index (χ1) is 9.73. The van der Waals surface area contributed by atoms with Gasteiger partial charge in [0.2, 0.25) is 0 Å². The molecule has 114 valence electrons. The molecule has 0 aromatic heterocycles. The SMILES string of the molecule is COC(=O)/C=C/c1cccc(NC(=O)OC(C)(C)C)c1C. The van der Waals surface area contributed by atoms with Gasteiger partial charge in [-0.05, 0) is 51.0 Å². The lowest BCUT2D eigenvalue weighted by Crippen LogP contribution is -2.27. The van der Waals surface area contributed by atoms with Gasteiger partial charge in [-0.25, -0.2) is 9.59 Å². The minimum absolute atomic E-state index is 0.431. The molecule has 1 amide bonds. The van der Waals surface area contributed by atoms with Crippen molar-refractivity contribution in [3.05, 3.63) is 35.4 Å². The number of benzene rings is 1. The van der Waals surface area contributed by atoms with Crippen LogP contribution in [0.4, 0.5) is 10.5 Å². The minimum atomic E-state index is -0.555. The molecule has 1 aromatic rings. The molecule has 0 unspecified atom stereocenters. The first-order valence-electron chi connectivity index (χ1n) is 6.58. The van der Waals surface area contributed by atoms with E-state index in [1.165, 1.54) is 13.2 Å². The predicted octanol–water partition coefficient (Wildman–Crippen LogP) is 3.53. The normalized spacial score (nSPS) is 11.3. The third-order valence-corrected chi connectivity index (χ3v) is 2.61. The van der Waals surface area contributed by atoms with Crippen LogP contribution in [0.5, 0.6) is 0 Å². The highest BCUT2D eigenvalue weighted by atomic mass is 16.6. The largest absolute Gasteiger partial charge is 0.466 e. The topological polar surface area (TPSA) is 64.6 Å². The molecule has 0 aliphatic heterocycles. The molecular weight excluding hydrogens is 270 g/mol. The van der Waals surface area contributed by atoms with E-state index in [9.17, 15) is 9.59 Å². The predicted molar refractivity (Wildman–Crippen MR) is 82.1 cm³/mol. The molecule has 0 saturated heterocycles. The van der Waals surface area contributed by atoms with Gasteiger partial charge in [0.05, 0.1) is 7.11 Å². The number of nitrogens with one attached hydrogen (secondary N) is 1. The van der Waals surface area contributed by atoms with E-state index in [4.69, 9.17) is 4.74 Å². The maximum Gasteiger partial charge on any atom is 0.412 e. The number of methoxy groups -OCH3 is 1. The molecule has 5 heteroatoms. The van der Waals surface area contributed by atoms with Gasteiger partial charge in [-0.1, -0.05) is 12.1 Å². The quantitative estimate of drug-likeness (QED) is 0.683. The van der Waals surface area contributed by atoms with Crippen LogP contribution in [-0.2, 0) is 14.3 Å². The number of carbonyl (C=O) groups is 2. The van der Waals surface area contributed by atoms with E-state index in [0.717, 1.165) is 11.1 Å². The molecule has 0 spiro atoms. The molecule has 0 fully saturated rings. The molecule has 0 aliphatic rings. The Bertz CT molecular complexity index is 556. The van der Waals surface area contributed by atoms with Crippen molar-refractivity contribution in [2.75, 3.05) is 12.4 Å². The van der Waals surface area contributed by atoms with Crippen LogP contribution < -0.4 is 5.32 Å². The average molecular weight is 291 g/mol. The number of rotatable bonds is 3. The van der Waals surface area contributed by atoms with Crippen molar-refractivity contribution < 1.29 is 19.1 Å². The Morgan fingerprint density at radius 2 is 1.90 bits per heavy atom. The van der Waals surface area contributed by atoms with Gasteiger partial charge in [0.15, 0.2) is 0 Å². The third kappa shape index (κ3) is 5.69. The van der Waals surface area contributed by atoms with E-state index >= 15 is 0 Å². The van der Waals surface area contributed by atoms with Crippen molar-refractivity contribution in [2.24, 2.45) is 0 Å². The fourth-order valence-electron chi connectivity index (χ4n) is 1.61. The Morgan fingerprint density at radius 3 is 2.48 bits per heavy atom. The maximum absolute atomic E-state index is 11.8. The van der Waals surface area contributed by atoms with Crippen molar-refractivity contribution in [1.82, 2.24) is 0 Å². The Balaban J connectivity index is 2.88. The second kappa shape index (κ2) is 6.92. The van der Waals surface area contributed by atoms with Crippen LogP contribution in [0.3, 0.4) is 0 Å². The molecule has 0 heterocycles. The summed E-state index contributed by atoms with van der Waals surface area (Å²) >= 11 is 0. The van der Waals surface area contributed by atoms with E-state index < -0.39 is 17.7 Å². The monoisotopic (exact) mass is 291 g/mol. The standard InChI is InChI=1S/C16H21NO4/c1-11-12(9-10-14(18)20-5)7-6-8-13(11)17-15(19)21-16(2,3)4/h6-10H,1-5H3,(H,17,19)/b10-9+. The maximum atomic E-state index is 11.8. The molecular formula is C16H21NO4. The highest BCUT2D eigenvalue weighted by Crippen LogP contribution is 2.21. The Hall–Kier alpha value is -2.30. The fourth-order valence-corrected chi connectivity index (χ4v) is 1.61. The molecule has 0 radical (unpaired) electrons. The molecule has 0 bridgehead atoms. The summed E-state index contributed by atoms with van der Waals surface area (Å²) < 4.78 is 9.76. The van der Waals surface area contributed by atoms with Gasteiger partial charge in [-0.2, -0.15) is 0 Å². The van der Waals surface area contributed by atoms with Crippen molar-refractivity contribution >= 4 is 23.8 Å². The zero-order valence-electron chi connectivity index (χ0n) is 13.0. The summed E-state index contributed by atoms with van der Waals surface area (Å²) in [7, 11) is 1.32. The zero-order valence-corrected chi connectivity index (χ0v) is 13.0. The second-order valence-electron chi connectivity index (χ2n) is 5.50. The highest BCUT2D eigenvalue weighted by Gasteiger charge is 2.16. The zero-order chi connectivity index (χ0) is 16.0. The third-order valence-electron chi connectivity index (χ3n) is 2.61. The second-order valence-corrected chi connectivity index (χ2v) is 5.50. The lowest BCUT2D eigenvalue weighted by atomic mass is 10.1. The van der Waals surface area contributed by atoms with Gasteiger partial charge < -0.3 is 9.47 Å². The number of hydrogen-bond acceptors (Lipinski definition) is 4. The van der Waals surface area contributed by atoms with Crippen molar-refractivity contribution in [1.29, 1.82) is 0 Å². The van der Waals surface area contributed by atoms with Crippen LogP contribution >= 0.6 is 0 Å². The first kappa shape index (κ1) is 16.8.